The van der Waals surface area contributed by atoms with Crippen molar-refractivity contribution in [1.29, 1.82) is 0 Å². The van der Waals surface area contributed by atoms with Crippen molar-refractivity contribution < 1.29 is 23.8 Å². The van der Waals surface area contributed by atoms with Gasteiger partial charge in [0.15, 0.2) is 6.10 Å². The van der Waals surface area contributed by atoms with Crippen molar-refractivity contribution in [2.45, 2.75) is 13.0 Å². The minimum Gasteiger partial charge on any atom is -0.497 e. The van der Waals surface area contributed by atoms with Crippen LogP contribution in [0.4, 0.5) is 11.4 Å². The van der Waals surface area contributed by atoms with E-state index in [0.29, 0.717) is 28.4 Å². The summed E-state index contributed by atoms with van der Waals surface area (Å²) in [7, 11) is 3.01. The third-order valence-corrected chi connectivity index (χ3v) is 3.47. The van der Waals surface area contributed by atoms with Crippen molar-refractivity contribution in [1.82, 2.24) is 0 Å². The molecule has 2 aromatic rings. The second-order valence-corrected chi connectivity index (χ2v) is 5.23. The molecule has 1 unspecified atom stereocenters. The van der Waals surface area contributed by atoms with Gasteiger partial charge in [-0.05, 0) is 43.3 Å². The molecular weight excluding hydrogens is 324 g/mol. The number of carbonyl (C=O) groups is 2. The Morgan fingerprint density at radius 3 is 2.32 bits per heavy atom. The monoisotopic (exact) mass is 344 g/mol. The molecule has 7 nitrogen and oxygen atoms in total. The molecule has 0 aliphatic heterocycles. The van der Waals surface area contributed by atoms with Crippen molar-refractivity contribution in [3.05, 3.63) is 48.0 Å². The largest absolute Gasteiger partial charge is 0.497 e. The maximum absolute atomic E-state index is 12.3. The Hall–Kier alpha value is -3.22. The van der Waals surface area contributed by atoms with E-state index in [-0.39, 0.29) is 0 Å². The molecule has 7 heteroatoms. The molecule has 1 amide bonds. The number of anilines is 2. The Morgan fingerprint density at radius 1 is 1.04 bits per heavy atom. The standard InChI is InChI=1S/C18H20N2O5/c1-11(25-18(22)12-4-6-13(19)7-5-12)17(21)20-15-9-8-14(23-2)10-16(15)24-3/h4-11H,19H2,1-3H3,(H,20,21). The van der Waals surface area contributed by atoms with Crippen LogP contribution in [0.1, 0.15) is 17.3 Å². The van der Waals surface area contributed by atoms with Crippen LogP contribution in [-0.2, 0) is 9.53 Å². The van der Waals surface area contributed by atoms with E-state index in [0.717, 1.165) is 0 Å². The number of nitrogen functional groups attached to an aromatic ring is 1. The van der Waals surface area contributed by atoms with E-state index in [1.165, 1.54) is 33.3 Å². The van der Waals surface area contributed by atoms with Gasteiger partial charge in [0.2, 0.25) is 0 Å². The summed E-state index contributed by atoms with van der Waals surface area (Å²) in [4.78, 5) is 24.3. The highest BCUT2D eigenvalue weighted by Crippen LogP contribution is 2.29. The number of nitrogens with one attached hydrogen (secondary N) is 1. The van der Waals surface area contributed by atoms with E-state index in [2.05, 4.69) is 5.32 Å². The second kappa shape index (κ2) is 8.05. The number of benzene rings is 2. The van der Waals surface area contributed by atoms with Crippen LogP contribution in [0.5, 0.6) is 11.5 Å². The lowest BCUT2D eigenvalue weighted by molar-refractivity contribution is -0.123. The van der Waals surface area contributed by atoms with Gasteiger partial charge in [-0.15, -0.1) is 0 Å². The van der Waals surface area contributed by atoms with Crippen molar-refractivity contribution in [3.63, 3.8) is 0 Å². The van der Waals surface area contributed by atoms with Gasteiger partial charge in [0.25, 0.3) is 5.91 Å². The average Bonchev–Trinajstić information content (AvgIpc) is 2.62. The normalized spacial score (nSPS) is 11.3. The molecule has 3 N–H and O–H groups in total. The molecule has 0 saturated carbocycles. The highest BCUT2D eigenvalue weighted by molar-refractivity contribution is 5.98. The van der Waals surface area contributed by atoms with Crippen LogP contribution in [0.25, 0.3) is 0 Å². The second-order valence-electron chi connectivity index (χ2n) is 5.23. The van der Waals surface area contributed by atoms with Gasteiger partial charge in [0, 0.05) is 11.8 Å². The summed E-state index contributed by atoms with van der Waals surface area (Å²) >= 11 is 0. The Balaban J connectivity index is 2.02. The van der Waals surface area contributed by atoms with Crippen molar-refractivity contribution >= 4 is 23.3 Å². The third-order valence-electron chi connectivity index (χ3n) is 3.47. The molecule has 0 saturated heterocycles. The first kappa shape index (κ1) is 18.1. The third kappa shape index (κ3) is 4.63. The molecule has 0 bridgehead atoms. The van der Waals surface area contributed by atoms with Gasteiger partial charge in [-0.1, -0.05) is 0 Å². The van der Waals surface area contributed by atoms with Gasteiger partial charge in [-0.25, -0.2) is 4.79 Å². The van der Waals surface area contributed by atoms with Gasteiger partial charge in [-0.2, -0.15) is 0 Å². The van der Waals surface area contributed by atoms with Crippen LogP contribution in [0, 0.1) is 0 Å². The van der Waals surface area contributed by atoms with Crippen LogP contribution in [0.3, 0.4) is 0 Å². The first-order valence-electron chi connectivity index (χ1n) is 7.54. The number of amides is 1. The van der Waals surface area contributed by atoms with Crippen LogP contribution in [0.2, 0.25) is 0 Å². The zero-order valence-electron chi connectivity index (χ0n) is 14.2. The lowest BCUT2D eigenvalue weighted by atomic mass is 10.2. The molecule has 0 aromatic heterocycles. The fourth-order valence-electron chi connectivity index (χ4n) is 2.04. The lowest BCUT2D eigenvalue weighted by Gasteiger charge is -2.15. The maximum atomic E-state index is 12.3. The zero-order chi connectivity index (χ0) is 18.4. The number of esters is 1. The molecule has 2 aromatic carbocycles. The zero-order valence-corrected chi connectivity index (χ0v) is 14.2. The van der Waals surface area contributed by atoms with E-state index in [9.17, 15) is 9.59 Å². The number of ether oxygens (including phenoxy) is 3. The van der Waals surface area contributed by atoms with Gasteiger partial charge >= 0.3 is 5.97 Å². The minimum atomic E-state index is -0.989. The summed E-state index contributed by atoms with van der Waals surface area (Å²) in [6, 6.07) is 11.2. The number of nitrogens with two attached hydrogens (primary N) is 1. The summed E-state index contributed by atoms with van der Waals surface area (Å²) in [5, 5.41) is 2.66. The van der Waals surface area contributed by atoms with Crippen molar-refractivity contribution in [3.8, 4) is 11.5 Å². The van der Waals surface area contributed by atoms with Gasteiger partial charge in [0.05, 0.1) is 25.5 Å². The van der Waals surface area contributed by atoms with Crippen LogP contribution in [-0.4, -0.2) is 32.2 Å². The van der Waals surface area contributed by atoms with Crippen LogP contribution < -0.4 is 20.5 Å². The molecule has 0 radical (unpaired) electrons. The predicted octanol–water partition coefficient (Wildman–Crippen LogP) is 2.47. The van der Waals surface area contributed by atoms with Gasteiger partial charge in [0.1, 0.15) is 11.5 Å². The number of methoxy groups -OCH3 is 2. The molecule has 0 aliphatic rings. The molecule has 132 valence electrons. The molecule has 25 heavy (non-hydrogen) atoms. The topological polar surface area (TPSA) is 99.9 Å². The number of carbonyl (C=O) groups excluding carboxylic acids is 2. The molecule has 1 atom stereocenters. The smallest absolute Gasteiger partial charge is 0.338 e. The summed E-state index contributed by atoms with van der Waals surface area (Å²) in [5.41, 5.74) is 6.87. The molecule has 2 rings (SSSR count). The van der Waals surface area contributed by atoms with E-state index in [1.54, 1.807) is 30.3 Å². The Bertz CT molecular complexity index is 759. The van der Waals surface area contributed by atoms with E-state index in [1.807, 2.05) is 0 Å². The van der Waals surface area contributed by atoms with E-state index >= 15 is 0 Å². The SMILES string of the molecule is COc1ccc(NC(=O)C(C)OC(=O)c2ccc(N)cc2)c(OC)c1. The van der Waals surface area contributed by atoms with Crippen LogP contribution >= 0.6 is 0 Å². The summed E-state index contributed by atoms with van der Waals surface area (Å²) < 4.78 is 15.5. The quantitative estimate of drug-likeness (QED) is 0.617. The van der Waals surface area contributed by atoms with Crippen LogP contribution in [0.15, 0.2) is 42.5 Å². The average molecular weight is 344 g/mol. The van der Waals surface area contributed by atoms with Crippen molar-refractivity contribution in [2.24, 2.45) is 0 Å². The summed E-state index contributed by atoms with van der Waals surface area (Å²) in [6.45, 7) is 1.49. The fraction of sp³-hybridized carbons (Fsp3) is 0.222. The van der Waals surface area contributed by atoms with Gasteiger partial charge < -0.3 is 25.3 Å². The van der Waals surface area contributed by atoms with E-state index in [4.69, 9.17) is 19.9 Å². The first-order valence-corrected chi connectivity index (χ1v) is 7.54. The molecule has 0 fully saturated rings. The lowest BCUT2D eigenvalue weighted by Crippen LogP contribution is -2.30. The Labute approximate surface area is 145 Å². The van der Waals surface area contributed by atoms with E-state index < -0.39 is 18.0 Å². The highest BCUT2D eigenvalue weighted by atomic mass is 16.5. The Kier molecular flexibility index (Phi) is 5.84. The summed E-state index contributed by atoms with van der Waals surface area (Å²) in [6.07, 6.45) is -0.989. The highest BCUT2D eigenvalue weighted by Gasteiger charge is 2.20. The number of hydrogen-bond acceptors (Lipinski definition) is 6. The summed E-state index contributed by atoms with van der Waals surface area (Å²) in [5.74, 6) is -0.0564. The number of rotatable bonds is 6. The maximum Gasteiger partial charge on any atom is 0.338 e. The predicted molar refractivity (Wildman–Crippen MR) is 93.9 cm³/mol. The first-order chi connectivity index (χ1) is 11.9. The van der Waals surface area contributed by atoms with Gasteiger partial charge in [-0.3, -0.25) is 4.79 Å². The number of hydrogen-bond donors (Lipinski definition) is 2. The molecule has 0 spiro atoms. The molecule has 0 aliphatic carbocycles. The van der Waals surface area contributed by atoms with Crippen molar-refractivity contribution in [2.75, 3.05) is 25.3 Å². The Morgan fingerprint density at radius 2 is 1.72 bits per heavy atom. The molecule has 0 heterocycles. The fourth-order valence-corrected chi connectivity index (χ4v) is 2.04. The minimum absolute atomic E-state index is 0.316. The molecular formula is C18H20N2O5.